The number of nitrogens with one attached hydrogen (secondary N) is 1. The molecule has 45 heavy (non-hydrogen) atoms. The lowest BCUT2D eigenvalue weighted by Gasteiger charge is -2.26. The van der Waals surface area contributed by atoms with Gasteiger partial charge < -0.3 is 29.4 Å². The fourth-order valence-electron chi connectivity index (χ4n) is 3.85. The summed E-state index contributed by atoms with van der Waals surface area (Å²) < 4.78 is 61.3. The number of carbonyl (C=O) groups is 2. The Bertz CT molecular complexity index is 1650. The molecule has 0 radical (unpaired) electrons. The van der Waals surface area contributed by atoms with Gasteiger partial charge in [0.25, 0.3) is 5.91 Å². The Balaban J connectivity index is 1.68. The van der Waals surface area contributed by atoms with Gasteiger partial charge in [-0.05, 0) is 79.6 Å². The highest BCUT2D eigenvalue weighted by Gasteiger charge is 2.35. The van der Waals surface area contributed by atoms with Crippen molar-refractivity contribution < 1.29 is 46.8 Å². The van der Waals surface area contributed by atoms with Crippen LogP contribution in [0.4, 0.5) is 18.9 Å². The fraction of sp³-hybridized carbons (Fsp3) is 0.212. The number of ether oxygens (including phenoxy) is 4. The molecule has 0 aliphatic carbocycles. The molecule has 0 unspecified atom stereocenters. The Morgan fingerprint density at radius 2 is 1.36 bits per heavy atom. The van der Waals surface area contributed by atoms with Crippen molar-refractivity contribution in [1.82, 2.24) is 0 Å². The van der Waals surface area contributed by atoms with Gasteiger partial charge in [-0.15, -0.1) is 0 Å². The average molecular weight is 646 g/mol. The zero-order valence-corrected chi connectivity index (χ0v) is 25.7. The minimum atomic E-state index is -4.70. The number of halogens is 4. The second-order valence-electron chi connectivity index (χ2n) is 9.92. The van der Waals surface area contributed by atoms with Gasteiger partial charge in [0.15, 0.2) is 34.4 Å². The van der Waals surface area contributed by atoms with E-state index in [-0.39, 0.29) is 22.9 Å². The number of anilines is 1. The third-order valence-electron chi connectivity index (χ3n) is 6.21. The molecule has 238 valence electrons. The van der Waals surface area contributed by atoms with E-state index in [2.05, 4.69) is 5.32 Å². The zero-order chi connectivity index (χ0) is 33.4. The molecule has 0 aromatic heterocycles. The normalized spacial score (nSPS) is 12.3. The third kappa shape index (κ3) is 9.54. The van der Waals surface area contributed by atoms with Crippen molar-refractivity contribution >= 4 is 41.1 Å². The molecular weight excluding hydrogens is 615 g/mol. The molecule has 3 aromatic rings. The molecule has 1 amide bonds. The molecule has 12 heteroatoms. The van der Waals surface area contributed by atoms with Crippen molar-refractivity contribution in [3.63, 3.8) is 0 Å². The SMILES string of the molecule is COc1ccc(/C=C/C(O)=C/C(=O)/C=C/c2ccc(OC(C)(C)C(=O)Nc3ccc(Cl)c(C(F)(F)F)c3)c(OC)c2)cc1OC. The zero-order valence-electron chi connectivity index (χ0n) is 25.0. The van der Waals surface area contributed by atoms with Crippen molar-refractivity contribution in [2.75, 3.05) is 26.6 Å². The number of rotatable bonds is 12. The quantitative estimate of drug-likeness (QED) is 0.117. The molecule has 2 N–H and O–H groups in total. The predicted molar refractivity (Wildman–Crippen MR) is 166 cm³/mol. The molecule has 0 aliphatic rings. The highest BCUT2D eigenvalue weighted by atomic mass is 35.5. The molecule has 3 aromatic carbocycles. The van der Waals surface area contributed by atoms with E-state index in [0.29, 0.717) is 22.6 Å². The van der Waals surface area contributed by atoms with Crippen LogP contribution in [-0.4, -0.2) is 43.7 Å². The summed E-state index contributed by atoms with van der Waals surface area (Å²) in [6, 6.07) is 12.9. The van der Waals surface area contributed by atoms with Crippen LogP contribution in [0, 0.1) is 0 Å². The first-order valence-corrected chi connectivity index (χ1v) is 13.6. The van der Waals surface area contributed by atoms with E-state index in [0.717, 1.165) is 18.2 Å². The summed E-state index contributed by atoms with van der Waals surface area (Å²) in [6.45, 7) is 2.88. The largest absolute Gasteiger partial charge is 0.508 e. The first kappa shape index (κ1) is 34.6. The highest BCUT2D eigenvalue weighted by molar-refractivity contribution is 6.31. The van der Waals surface area contributed by atoms with E-state index < -0.39 is 34.1 Å². The minimum absolute atomic E-state index is 0.109. The van der Waals surface area contributed by atoms with Gasteiger partial charge in [0, 0.05) is 11.8 Å². The second kappa shape index (κ2) is 14.7. The second-order valence-corrected chi connectivity index (χ2v) is 10.3. The summed E-state index contributed by atoms with van der Waals surface area (Å²) in [6.07, 6.45) is 2.05. The molecule has 0 bridgehead atoms. The molecule has 0 saturated heterocycles. The summed E-state index contributed by atoms with van der Waals surface area (Å²) in [5, 5.41) is 12.1. The number of carbonyl (C=O) groups excluding carboxylic acids is 2. The Hall–Kier alpha value is -4.90. The van der Waals surface area contributed by atoms with Gasteiger partial charge in [-0.25, -0.2) is 0 Å². The smallest absolute Gasteiger partial charge is 0.417 e. The van der Waals surface area contributed by atoms with E-state index in [1.807, 2.05) is 0 Å². The van der Waals surface area contributed by atoms with E-state index in [4.69, 9.17) is 30.5 Å². The molecule has 0 heterocycles. The first-order chi connectivity index (χ1) is 21.2. The van der Waals surface area contributed by atoms with Gasteiger partial charge in [-0.3, -0.25) is 9.59 Å². The number of aliphatic hydroxyl groups excluding tert-OH is 1. The number of amides is 1. The number of alkyl halides is 3. The lowest BCUT2D eigenvalue weighted by molar-refractivity contribution is -0.137. The molecule has 8 nitrogen and oxygen atoms in total. The lowest BCUT2D eigenvalue weighted by atomic mass is 10.1. The van der Waals surface area contributed by atoms with Gasteiger partial charge in [0.1, 0.15) is 5.76 Å². The summed E-state index contributed by atoms with van der Waals surface area (Å²) in [4.78, 5) is 25.3. The monoisotopic (exact) mass is 645 g/mol. The van der Waals surface area contributed by atoms with Crippen molar-refractivity contribution in [3.8, 4) is 23.0 Å². The maximum absolute atomic E-state index is 13.2. The fourth-order valence-corrected chi connectivity index (χ4v) is 4.08. The van der Waals surface area contributed by atoms with Crippen LogP contribution >= 0.6 is 11.6 Å². The molecular formula is C33H31ClF3NO7. The number of aliphatic hydroxyl groups is 1. The van der Waals surface area contributed by atoms with Crippen molar-refractivity contribution in [1.29, 1.82) is 0 Å². The Kier molecular flexibility index (Phi) is 11.3. The van der Waals surface area contributed by atoms with Crippen LogP contribution < -0.4 is 24.3 Å². The molecule has 0 atom stereocenters. The van der Waals surface area contributed by atoms with Gasteiger partial charge in [0.05, 0.1) is 31.9 Å². The summed E-state index contributed by atoms with van der Waals surface area (Å²) in [7, 11) is 4.41. The Morgan fingerprint density at radius 1 is 0.800 bits per heavy atom. The number of benzene rings is 3. The van der Waals surface area contributed by atoms with Crippen LogP contribution in [0.3, 0.4) is 0 Å². The van der Waals surface area contributed by atoms with Gasteiger partial charge in [-0.2, -0.15) is 13.2 Å². The molecule has 3 rings (SSSR count). The van der Waals surface area contributed by atoms with E-state index >= 15 is 0 Å². The number of allylic oxidation sites excluding steroid dienone is 3. The average Bonchev–Trinajstić information content (AvgIpc) is 2.99. The van der Waals surface area contributed by atoms with Gasteiger partial charge in [0.2, 0.25) is 0 Å². The van der Waals surface area contributed by atoms with Crippen molar-refractivity contribution in [3.05, 3.63) is 100 Å². The molecule has 0 fully saturated rings. The minimum Gasteiger partial charge on any atom is -0.508 e. The van der Waals surface area contributed by atoms with Crippen LogP contribution in [0.15, 0.2) is 78.6 Å². The van der Waals surface area contributed by atoms with Gasteiger partial charge >= 0.3 is 6.18 Å². The van der Waals surface area contributed by atoms with E-state index in [1.165, 1.54) is 65.5 Å². The topological polar surface area (TPSA) is 103 Å². The van der Waals surface area contributed by atoms with Crippen LogP contribution in [0.5, 0.6) is 23.0 Å². The Morgan fingerprint density at radius 3 is 1.93 bits per heavy atom. The van der Waals surface area contributed by atoms with Crippen LogP contribution in [-0.2, 0) is 15.8 Å². The van der Waals surface area contributed by atoms with Crippen LogP contribution in [0.2, 0.25) is 5.02 Å². The lowest BCUT2D eigenvalue weighted by Crippen LogP contribution is -2.42. The molecule has 0 spiro atoms. The summed E-state index contributed by atoms with van der Waals surface area (Å²) >= 11 is 5.65. The number of hydrogen-bond acceptors (Lipinski definition) is 7. The van der Waals surface area contributed by atoms with Crippen LogP contribution in [0.1, 0.15) is 30.5 Å². The molecule has 0 saturated carbocycles. The molecule has 0 aliphatic heterocycles. The first-order valence-electron chi connectivity index (χ1n) is 13.2. The van der Waals surface area contributed by atoms with Crippen molar-refractivity contribution in [2.24, 2.45) is 0 Å². The van der Waals surface area contributed by atoms with E-state index in [1.54, 1.807) is 36.4 Å². The summed E-state index contributed by atoms with van der Waals surface area (Å²) in [5.41, 5.74) is -1.47. The van der Waals surface area contributed by atoms with E-state index in [9.17, 15) is 27.9 Å². The van der Waals surface area contributed by atoms with Gasteiger partial charge in [-0.1, -0.05) is 35.9 Å². The third-order valence-corrected chi connectivity index (χ3v) is 6.54. The standard InChI is InChI=1S/C33H31ClF3NO7/c1-32(2,31(41)38-22-10-13-26(34)25(18-22)33(35,36)37)45-28-15-9-21(17-30(28)44-5)7-12-24(40)19-23(39)11-6-20-8-14-27(42-3)29(16-20)43-4/h6-19,39H,1-5H3,(H,38,41)/b11-6+,12-7+,23-19-. The number of ketones is 1. The number of methoxy groups -OCH3 is 3. The maximum Gasteiger partial charge on any atom is 0.417 e. The highest BCUT2D eigenvalue weighted by Crippen LogP contribution is 2.37. The van der Waals surface area contributed by atoms with Crippen molar-refractivity contribution in [2.45, 2.75) is 25.6 Å². The van der Waals surface area contributed by atoms with Crippen LogP contribution in [0.25, 0.3) is 12.2 Å². The maximum atomic E-state index is 13.2. The Labute approximate surface area is 263 Å². The predicted octanol–water partition coefficient (Wildman–Crippen LogP) is 7.92. The number of hydrogen-bond donors (Lipinski definition) is 2. The summed E-state index contributed by atoms with van der Waals surface area (Å²) in [5.74, 6) is -0.00566.